The molecule has 112 valence electrons. The third-order valence-electron chi connectivity index (χ3n) is 3.30. The summed E-state index contributed by atoms with van der Waals surface area (Å²) in [6.45, 7) is 1.75. The number of piperazine rings is 1. The number of hydrogen-bond donors (Lipinski definition) is 1. The molecule has 1 aromatic rings. The summed E-state index contributed by atoms with van der Waals surface area (Å²) in [6, 6.07) is 5.27. The van der Waals surface area contributed by atoms with Gasteiger partial charge in [0.1, 0.15) is 5.82 Å². The Morgan fingerprint density at radius 2 is 1.95 bits per heavy atom. The van der Waals surface area contributed by atoms with Crippen molar-refractivity contribution in [1.29, 1.82) is 0 Å². The molecular weight excluding hydrogens is 277 g/mol. The van der Waals surface area contributed by atoms with E-state index in [0.717, 1.165) is 12.5 Å². The molecule has 1 saturated heterocycles. The second-order valence-corrected chi connectivity index (χ2v) is 4.72. The van der Waals surface area contributed by atoms with Gasteiger partial charge in [-0.05, 0) is 18.2 Å². The van der Waals surface area contributed by atoms with E-state index < -0.39 is 11.7 Å². The second kappa shape index (κ2) is 6.83. The first kappa shape index (κ1) is 15.0. The molecule has 1 aliphatic rings. The summed E-state index contributed by atoms with van der Waals surface area (Å²) >= 11 is 0. The van der Waals surface area contributed by atoms with E-state index in [1.807, 2.05) is 0 Å². The van der Waals surface area contributed by atoms with Gasteiger partial charge in [-0.15, -0.1) is 0 Å². The molecule has 0 aromatic heterocycles. The molecule has 7 heteroatoms. The molecule has 1 aromatic carbocycles. The average Bonchev–Trinajstić information content (AvgIpc) is 2.52. The number of rotatable bonds is 4. The summed E-state index contributed by atoms with van der Waals surface area (Å²) in [7, 11) is 0. The fourth-order valence-electron chi connectivity index (χ4n) is 2.08. The Kier molecular flexibility index (Phi) is 4.86. The van der Waals surface area contributed by atoms with Crippen LogP contribution >= 0.6 is 0 Å². The van der Waals surface area contributed by atoms with E-state index in [1.165, 1.54) is 18.2 Å². The summed E-state index contributed by atoms with van der Waals surface area (Å²) in [6.07, 6.45) is 0.757. The fraction of sp³-hybridized carbons (Fsp3) is 0.357. The van der Waals surface area contributed by atoms with Crippen LogP contribution in [0.5, 0.6) is 0 Å². The molecule has 21 heavy (non-hydrogen) atoms. The molecule has 1 aliphatic heterocycles. The predicted octanol–water partition coefficient (Wildman–Crippen LogP) is -0.144. The highest BCUT2D eigenvalue weighted by atomic mass is 19.1. The van der Waals surface area contributed by atoms with E-state index in [2.05, 4.69) is 5.32 Å². The summed E-state index contributed by atoms with van der Waals surface area (Å²) in [5.41, 5.74) is 0.175. The Hall–Kier alpha value is -2.44. The lowest BCUT2D eigenvalue weighted by molar-refractivity contribution is -0.134. The number of hydrogen-bond acceptors (Lipinski definition) is 3. The maximum absolute atomic E-state index is 13.0. The summed E-state index contributed by atoms with van der Waals surface area (Å²) in [5, 5.41) is 2.47. The van der Waals surface area contributed by atoms with Crippen molar-refractivity contribution in [3.63, 3.8) is 0 Å². The van der Waals surface area contributed by atoms with Crippen molar-refractivity contribution in [3.8, 4) is 0 Å². The summed E-state index contributed by atoms with van der Waals surface area (Å²) in [5.74, 6) is -1.21. The van der Waals surface area contributed by atoms with Gasteiger partial charge in [0.15, 0.2) is 0 Å². The van der Waals surface area contributed by atoms with Gasteiger partial charge in [-0.1, -0.05) is 6.07 Å². The maximum atomic E-state index is 13.0. The van der Waals surface area contributed by atoms with Crippen LogP contribution in [-0.4, -0.2) is 60.7 Å². The predicted molar refractivity (Wildman–Crippen MR) is 73.0 cm³/mol. The Balaban J connectivity index is 1.81. The molecule has 6 nitrogen and oxygen atoms in total. The molecule has 1 N–H and O–H groups in total. The number of nitrogens with zero attached hydrogens (tertiary/aromatic N) is 2. The lowest BCUT2D eigenvalue weighted by atomic mass is 10.2. The lowest BCUT2D eigenvalue weighted by Gasteiger charge is -2.32. The third kappa shape index (κ3) is 4.01. The lowest BCUT2D eigenvalue weighted by Crippen LogP contribution is -2.50. The van der Waals surface area contributed by atoms with Crippen molar-refractivity contribution in [2.75, 3.05) is 32.7 Å². The molecule has 1 fully saturated rings. The van der Waals surface area contributed by atoms with Crippen LogP contribution in [0, 0.1) is 5.82 Å². The van der Waals surface area contributed by atoms with Crippen LogP contribution in [0.15, 0.2) is 24.3 Å². The van der Waals surface area contributed by atoms with Gasteiger partial charge in [-0.25, -0.2) is 4.39 Å². The number of halogens is 1. The second-order valence-electron chi connectivity index (χ2n) is 4.72. The van der Waals surface area contributed by atoms with Gasteiger partial charge in [-0.2, -0.15) is 0 Å². The molecule has 1 heterocycles. The monoisotopic (exact) mass is 293 g/mol. The minimum atomic E-state index is -0.501. The molecule has 0 atom stereocenters. The van der Waals surface area contributed by atoms with Crippen LogP contribution in [0.4, 0.5) is 4.39 Å². The number of benzene rings is 1. The van der Waals surface area contributed by atoms with Crippen molar-refractivity contribution in [2.24, 2.45) is 0 Å². The topological polar surface area (TPSA) is 69.7 Å². The molecule has 0 bridgehead atoms. The van der Waals surface area contributed by atoms with Crippen molar-refractivity contribution >= 4 is 18.2 Å². The molecule has 0 radical (unpaired) electrons. The highest BCUT2D eigenvalue weighted by Gasteiger charge is 2.20. The number of amides is 3. The Labute approximate surface area is 121 Å². The van der Waals surface area contributed by atoms with Crippen LogP contribution < -0.4 is 5.32 Å². The van der Waals surface area contributed by atoms with Gasteiger partial charge in [0.2, 0.25) is 12.3 Å². The van der Waals surface area contributed by atoms with E-state index >= 15 is 0 Å². The largest absolute Gasteiger partial charge is 0.343 e. The molecule has 0 saturated carbocycles. The molecule has 0 unspecified atom stereocenters. The van der Waals surface area contributed by atoms with Gasteiger partial charge in [0.05, 0.1) is 6.54 Å². The van der Waals surface area contributed by atoms with Crippen LogP contribution in [-0.2, 0) is 9.59 Å². The first-order valence-corrected chi connectivity index (χ1v) is 6.61. The minimum absolute atomic E-state index is 0.142. The van der Waals surface area contributed by atoms with Gasteiger partial charge in [0, 0.05) is 31.7 Å². The first-order chi connectivity index (χ1) is 10.1. The van der Waals surface area contributed by atoms with Crippen molar-refractivity contribution < 1.29 is 18.8 Å². The SMILES string of the molecule is O=CN1CCN(C(=O)CNC(=O)c2cccc(F)c2)CC1. The van der Waals surface area contributed by atoms with Crippen molar-refractivity contribution in [1.82, 2.24) is 15.1 Å². The normalized spacial score (nSPS) is 14.7. The molecular formula is C14H16FN3O3. The smallest absolute Gasteiger partial charge is 0.251 e. The van der Waals surface area contributed by atoms with Crippen LogP contribution in [0.3, 0.4) is 0 Å². The van der Waals surface area contributed by atoms with Crippen molar-refractivity contribution in [3.05, 3.63) is 35.6 Å². The first-order valence-electron chi connectivity index (χ1n) is 6.61. The number of carbonyl (C=O) groups excluding carboxylic acids is 3. The Morgan fingerprint density at radius 3 is 2.57 bits per heavy atom. The van der Waals surface area contributed by atoms with Crippen LogP contribution in [0.1, 0.15) is 10.4 Å². The van der Waals surface area contributed by atoms with Gasteiger partial charge >= 0.3 is 0 Å². The zero-order chi connectivity index (χ0) is 15.2. The van der Waals surface area contributed by atoms with Crippen LogP contribution in [0.25, 0.3) is 0 Å². The number of nitrogens with one attached hydrogen (secondary N) is 1. The van der Waals surface area contributed by atoms with Gasteiger partial charge < -0.3 is 15.1 Å². The zero-order valence-corrected chi connectivity index (χ0v) is 11.4. The molecule has 3 amide bonds. The molecule has 0 aliphatic carbocycles. The summed E-state index contributed by atoms with van der Waals surface area (Å²) in [4.78, 5) is 37.5. The third-order valence-corrected chi connectivity index (χ3v) is 3.30. The maximum Gasteiger partial charge on any atom is 0.251 e. The summed E-state index contributed by atoms with van der Waals surface area (Å²) < 4.78 is 13.0. The zero-order valence-electron chi connectivity index (χ0n) is 11.4. The average molecular weight is 293 g/mol. The van der Waals surface area contributed by atoms with Crippen molar-refractivity contribution in [2.45, 2.75) is 0 Å². The molecule has 0 spiro atoms. The quantitative estimate of drug-likeness (QED) is 0.785. The highest BCUT2D eigenvalue weighted by Crippen LogP contribution is 2.03. The van der Waals surface area contributed by atoms with E-state index in [9.17, 15) is 18.8 Å². The molecule has 2 rings (SSSR count). The van der Waals surface area contributed by atoms with E-state index in [0.29, 0.717) is 26.2 Å². The minimum Gasteiger partial charge on any atom is -0.343 e. The van der Waals surface area contributed by atoms with E-state index in [1.54, 1.807) is 9.80 Å². The Morgan fingerprint density at radius 1 is 1.24 bits per heavy atom. The van der Waals surface area contributed by atoms with E-state index in [4.69, 9.17) is 0 Å². The number of carbonyl (C=O) groups is 3. The van der Waals surface area contributed by atoms with Gasteiger partial charge in [0.25, 0.3) is 5.91 Å². The highest BCUT2D eigenvalue weighted by molar-refractivity contribution is 5.96. The van der Waals surface area contributed by atoms with E-state index in [-0.39, 0.29) is 18.0 Å². The van der Waals surface area contributed by atoms with Crippen LogP contribution in [0.2, 0.25) is 0 Å². The fourth-order valence-corrected chi connectivity index (χ4v) is 2.08. The van der Waals surface area contributed by atoms with Gasteiger partial charge in [-0.3, -0.25) is 14.4 Å². The Bertz CT molecular complexity index is 542. The standard InChI is InChI=1S/C14H16FN3O3/c15-12-3-1-2-11(8-12)14(21)16-9-13(20)18-6-4-17(10-19)5-7-18/h1-3,8,10H,4-7,9H2,(H,16,21).